The van der Waals surface area contributed by atoms with E-state index >= 15 is 0 Å². The van der Waals surface area contributed by atoms with E-state index in [0.717, 1.165) is 14.2 Å². The number of methoxy groups -OCH3 is 2. The molecule has 0 aromatic heterocycles. The molecule has 1 aromatic carbocycles. The molecule has 0 bridgehead atoms. The summed E-state index contributed by atoms with van der Waals surface area (Å²) in [6.07, 6.45) is 0. The lowest BCUT2D eigenvalue weighted by Gasteiger charge is -2.28. The standard InChI is InChI=1S/C13H14ClNO6/c1-20-11(16)13(14,12(17)21-2)10(8-15(18)19)9-6-4-3-5-7-9/h3-7,10H,8H2,1-2H3/t10-/m0/s1. The van der Waals surface area contributed by atoms with E-state index in [4.69, 9.17) is 11.6 Å². The predicted molar refractivity (Wildman–Crippen MR) is 73.7 cm³/mol. The van der Waals surface area contributed by atoms with Crippen molar-refractivity contribution in [2.75, 3.05) is 20.8 Å². The van der Waals surface area contributed by atoms with Gasteiger partial charge in [-0.15, -0.1) is 0 Å². The minimum atomic E-state index is -2.32. The first-order chi connectivity index (χ1) is 9.87. The third-order valence-corrected chi connectivity index (χ3v) is 3.55. The van der Waals surface area contributed by atoms with Crippen LogP contribution in [-0.2, 0) is 19.1 Å². The van der Waals surface area contributed by atoms with Crippen molar-refractivity contribution in [1.82, 2.24) is 0 Å². The second kappa shape index (κ2) is 7.03. The second-order valence-corrected chi connectivity index (χ2v) is 4.77. The Morgan fingerprint density at radius 3 is 2.10 bits per heavy atom. The lowest BCUT2D eigenvalue weighted by Crippen LogP contribution is -2.50. The Bertz CT molecular complexity index is 517. The number of halogens is 1. The summed E-state index contributed by atoms with van der Waals surface area (Å²) in [6, 6.07) is 8.01. The number of hydrogen-bond donors (Lipinski definition) is 0. The van der Waals surface area contributed by atoms with Crippen LogP contribution in [0.4, 0.5) is 0 Å². The van der Waals surface area contributed by atoms with Crippen LogP contribution in [0.5, 0.6) is 0 Å². The molecule has 0 N–H and O–H groups in total. The van der Waals surface area contributed by atoms with E-state index in [1.54, 1.807) is 18.2 Å². The molecule has 0 saturated heterocycles. The summed E-state index contributed by atoms with van der Waals surface area (Å²) in [5.74, 6) is -3.44. The highest BCUT2D eigenvalue weighted by Gasteiger charge is 2.56. The van der Waals surface area contributed by atoms with Crippen LogP contribution < -0.4 is 0 Å². The Morgan fingerprint density at radius 2 is 1.71 bits per heavy atom. The van der Waals surface area contributed by atoms with E-state index in [1.807, 2.05) is 0 Å². The fourth-order valence-corrected chi connectivity index (χ4v) is 2.31. The minimum absolute atomic E-state index is 0.361. The van der Waals surface area contributed by atoms with Crippen molar-refractivity contribution < 1.29 is 24.0 Å². The summed E-state index contributed by atoms with van der Waals surface area (Å²) in [5.41, 5.74) is 0.361. The number of ether oxygens (including phenoxy) is 2. The Morgan fingerprint density at radius 1 is 1.24 bits per heavy atom. The van der Waals surface area contributed by atoms with Crippen LogP contribution in [0.1, 0.15) is 11.5 Å². The van der Waals surface area contributed by atoms with E-state index in [0.29, 0.717) is 5.56 Å². The van der Waals surface area contributed by atoms with E-state index in [-0.39, 0.29) is 0 Å². The number of rotatable bonds is 6. The molecule has 1 aromatic rings. The maximum absolute atomic E-state index is 12.0. The van der Waals surface area contributed by atoms with Gasteiger partial charge in [-0.05, 0) is 5.56 Å². The van der Waals surface area contributed by atoms with Gasteiger partial charge in [0.1, 0.15) is 0 Å². The molecular weight excluding hydrogens is 302 g/mol. The quantitative estimate of drug-likeness (QED) is 0.259. The van der Waals surface area contributed by atoms with Crippen molar-refractivity contribution in [3.8, 4) is 0 Å². The minimum Gasteiger partial charge on any atom is -0.467 e. The predicted octanol–water partition coefficient (Wildman–Crippen LogP) is 1.37. The summed E-state index contributed by atoms with van der Waals surface area (Å²) in [6.45, 7) is -0.724. The fraction of sp³-hybridized carbons (Fsp3) is 0.385. The van der Waals surface area contributed by atoms with Crippen molar-refractivity contribution in [3.05, 3.63) is 46.0 Å². The van der Waals surface area contributed by atoms with Crippen LogP contribution in [0.3, 0.4) is 0 Å². The van der Waals surface area contributed by atoms with E-state index in [1.165, 1.54) is 12.1 Å². The summed E-state index contributed by atoms with van der Waals surface area (Å²) in [5, 5.41) is 10.9. The van der Waals surface area contributed by atoms with Crippen LogP contribution in [0, 0.1) is 10.1 Å². The molecule has 0 fully saturated rings. The van der Waals surface area contributed by atoms with Gasteiger partial charge in [-0.3, -0.25) is 10.1 Å². The number of benzene rings is 1. The molecule has 0 aliphatic rings. The van der Waals surface area contributed by atoms with Crippen molar-refractivity contribution in [3.63, 3.8) is 0 Å². The first-order valence-corrected chi connectivity index (χ1v) is 6.28. The molecule has 0 aliphatic carbocycles. The molecule has 8 heteroatoms. The molecule has 21 heavy (non-hydrogen) atoms. The van der Waals surface area contributed by atoms with Gasteiger partial charge in [0, 0.05) is 4.92 Å². The summed E-state index contributed by atoms with van der Waals surface area (Å²) >= 11 is 6.13. The first-order valence-electron chi connectivity index (χ1n) is 5.90. The Hall–Kier alpha value is -2.15. The third kappa shape index (κ3) is 3.49. The zero-order chi connectivity index (χ0) is 16.0. The summed E-state index contributed by atoms with van der Waals surface area (Å²) in [4.78, 5) is 31.8. The molecular formula is C13H14ClNO6. The lowest BCUT2D eigenvalue weighted by molar-refractivity contribution is -0.483. The monoisotopic (exact) mass is 315 g/mol. The third-order valence-electron chi connectivity index (χ3n) is 2.98. The normalized spacial score (nSPS) is 12.3. The zero-order valence-corrected chi connectivity index (χ0v) is 12.2. The van der Waals surface area contributed by atoms with Gasteiger partial charge < -0.3 is 9.47 Å². The zero-order valence-electron chi connectivity index (χ0n) is 11.4. The number of esters is 2. The van der Waals surface area contributed by atoms with E-state index in [9.17, 15) is 19.7 Å². The number of nitrogens with zero attached hydrogens (tertiary/aromatic N) is 1. The van der Waals surface area contributed by atoms with Gasteiger partial charge in [0.15, 0.2) is 0 Å². The summed E-state index contributed by atoms with van der Waals surface area (Å²) < 4.78 is 9.06. The number of carbonyl (C=O) groups excluding carboxylic acids is 2. The van der Waals surface area contributed by atoms with Crippen LogP contribution in [0.15, 0.2) is 30.3 Å². The highest BCUT2D eigenvalue weighted by atomic mass is 35.5. The van der Waals surface area contributed by atoms with Crippen LogP contribution in [0.25, 0.3) is 0 Å². The first kappa shape index (κ1) is 16.9. The molecule has 0 saturated carbocycles. The Balaban J connectivity index is 3.41. The van der Waals surface area contributed by atoms with Crippen molar-refractivity contribution in [2.24, 2.45) is 0 Å². The summed E-state index contributed by atoms with van der Waals surface area (Å²) in [7, 11) is 2.08. The molecule has 0 heterocycles. The Labute approximate surface area is 125 Å². The molecule has 0 spiro atoms. The van der Waals surface area contributed by atoms with Crippen molar-refractivity contribution in [1.29, 1.82) is 0 Å². The number of carbonyl (C=O) groups is 2. The van der Waals surface area contributed by atoms with Crippen LogP contribution >= 0.6 is 11.6 Å². The largest absolute Gasteiger partial charge is 0.467 e. The smallest absolute Gasteiger partial charge is 0.339 e. The van der Waals surface area contributed by atoms with E-state index in [2.05, 4.69) is 9.47 Å². The van der Waals surface area contributed by atoms with Gasteiger partial charge in [-0.2, -0.15) is 0 Å². The van der Waals surface area contributed by atoms with Crippen LogP contribution in [0.2, 0.25) is 0 Å². The molecule has 0 aliphatic heterocycles. The SMILES string of the molecule is COC(=O)C(Cl)(C(=O)OC)[C@@H](C[N+](=O)[O-])c1ccccc1. The molecule has 0 amide bonds. The topological polar surface area (TPSA) is 95.7 Å². The molecule has 1 atom stereocenters. The highest BCUT2D eigenvalue weighted by Crippen LogP contribution is 2.37. The van der Waals surface area contributed by atoms with Gasteiger partial charge in [-0.1, -0.05) is 41.9 Å². The highest BCUT2D eigenvalue weighted by molar-refractivity contribution is 6.45. The van der Waals surface area contributed by atoms with Gasteiger partial charge >= 0.3 is 11.9 Å². The average Bonchev–Trinajstić information content (AvgIpc) is 2.50. The second-order valence-electron chi connectivity index (χ2n) is 4.17. The van der Waals surface area contributed by atoms with Gasteiger partial charge in [-0.25, -0.2) is 9.59 Å². The van der Waals surface area contributed by atoms with Gasteiger partial charge in [0.25, 0.3) is 4.87 Å². The molecule has 0 unspecified atom stereocenters. The van der Waals surface area contributed by atoms with Gasteiger partial charge in [0.05, 0.1) is 20.1 Å². The van der Waals surface area contributed by atoms with Crippen molar-refractivity contribution in [2.45, 2.75) is 10.8 Å². The fourth-order valence-electron chi connectivity index (χ4n) is 1.96. The molecule has 0 radical (unpaired) electrons. The number of nitro groups is 1. The number of hydrogen-bond acceptors (Lipinski definition) is 6. The maximum Gasteiger partial charge on any atom is 0.339 e. The molecule has 7 nitrogen and oxygen atoms in total. The lowest BCUT2D eigenvalue weighted by atomic mass is 9.85. The van der Waals surface area contributed by atoms with E-state index < -0.39 is 34.2 Å². The molecule has 114 valence electrons. The maximum atomic E-state index is 12.0. The van der Waals surface area contributed by atoms with Crippen molar-refractivity contribution >= 4 is 23.5 Å². The van der Waals surface area contributed by atoms with Crippen LogP contribution in [-0.4, -0.2) is 42.5 Å². The Kier molecular flexibility index (Phi) is 5.66. The average molecular weight is 316 g/mol. The number of alkyl halides is 1. The molecule has 1 rings (SSSR count). The van der Waals surface area contributed by atoms with Gasteiger partial charge in [0.2, 0.25) is 6.54 Å².